The van der Waals surface area contributed by atoms with Crippen molar-refractivity contribution < 1.29 is 14.7 Å². The number of carboxylic acids is 1. The molecule has 0 spiro atoms. The van der Waals surface area contributed by atoms with Crippen LogP contribution in [0.2, 0.25) is 5.02 Å². The number of amides is 1. The van der Waals surface area contributed by atoms with Crippen molar-refractivity contribution in [1.29, 1.82) is 0 Å². The molecule has 8 heteroatoms. The fourth-order valence-corrected chi connectivity index (χ4v) is 3.94. The van der Waals surface area contributed by atoms with Gasteiger partial charge in [0.05, 0.1) is 5.69 Å². The Morgan fingerprint density at radius 1 is 1.06 bits per heavy atom. The number of halogens is 1. The molecule has 0 aliphatic rings. The molecule has 0 aliphatic carbocycles. The Kier molecular flexibility index (Phi) is 9.61. The van der Waals surface area contributed by atoms with Crippen molar-refractivity contribution >= 4 is 23.5 Å². The number of aliphatic carboxylic acids is 1. The van der Waals surface area contributed by atoms with Gasteiger partial charge in [-0.15, -0.1) is 0 Å². The molecule has 3 rings (SSSR count). The molecule has 2 aromatic carbocycles. The number of benzene rings is 2. The van der Waals surface area contributed by atoms with Crippen LogP contribution >= 0.6 is 11.6 Å². The van der Waals surface area contributed by atoms with Crippen molar-refractivity contribution in [3.63, 3.8) is 0 Å². The van der Waals surface area contributed by atoms with Gasteiger partial charge in [-0.05, 0) is 37.0 Å². The van der Waals surface area contributed by atoms with Crippen molar-refractivity contribution in [3.05, 3.63) is 87.4 Å². The van der Waals surface area contributed by atoms with Gasteiger partial charge in [-0.1, -0.05) is 73.8 Å². The zero-order valence-electron chi connectivity index (χ0n) is 19.7. The topological polar surface area (TPSA) is 101 Å². The van der Waals surface area contributed by atoms with Crippen LogP contribution in [0.1, 0.15) is 44.0 Å². The molecule has 184 valence electrons. The second kappa shape index (κ2) is 12.9. The van der Waals surface area contributed by atoms with Gasteiger partial charge in [0.2, 0.25) is 5.91 Å². The van der Waals surface area contributed by atoms with Gasteiger partial charge in [0.1, 0.15) is 18.4 Å². The molecule has 2 N–H and O–H groups in total. The monoisotopic (exact) mass is 495 g/mol. The molecule has 0 unspecified atom stereocenters. The molecule has 1 amide bonds. The maximum Gasteiger partial charge on any atom is 0.326 e. The summed E-state index contributed by atoms with van der Waals surface area (Å²) < 4.78 is 1.33. The Morgan fingerprint density at radius 3 is 2.43 bits per heavy atom. The predicted octanol–water partition coefficient (Wildman–Crippen LogP) is 4.50. The number of nitrogens with zero attached hydrogens (tertiary/aromatic N) is 2. The summed E-state index contributed by atoms with van der Waals surface area (Å²) in [6.07, 6.45) is 4.09. The standard InChI is InChI=1S/C27H30ClN3O4/c1-2-3-5-10-24-29-23(20-12-14-21(28)15-13-20)17-26(33)31(24)18-25(32)30-22(27(34)35)16-11-19-8-6-4-7-9-19/h4,6-9,12-15,17,22H,2-3,5,10-11,16,18H2,1H3,(H,30,32)(H,34,35)/t22-/m0/s1. The third kappa shape index (κ3) is 7.79. The van der Waals surface area contributed by atoms with E-state index in [1.165, 1.54) is 10.6 Å². The molecule has 0 bridgehead atoms. The average Bonchev–Trinajstić information content (AvgIpc) is 2.84. The molecule has 0 fully saturated rings. The number of rotatable bonds is 12. The lowest BCUT2D eigenvalue weighted by atomic mass is 10.1. The lowest BCUT2D eigenvalue weighted by molar-refractivity contribution is -0.142. The zero-order valence-corrected chi connectivity index (χ0v) is 20.5. The fraction of sp³-hybridized carbons (Fsp3) is 0.333. The van der Waals surface area contributed by atoms with E-state index >= 15 is 0 Å². The first kappa shape index (κ1) is 26.2. The summed E-state index contributed by atoms with van der Waals surface area (Å²) in [5, 5.41) is 12.7. The first-order valence-electron chi connectivity index (χ1n) is 11.8. The highest BCUT2D eigenvalue weighted by molar-refractivity contribution is 6.30. The van der Waals surface area contributed by atoms with Crippen molar-refractivity contribution in [2.75, 3.05) is 0 Å². The molecular formula is C27H30ClN3O4. The van der Waals surface area contributed by atoms with Gasteiger partial charge >= 0.3 is 5.97 Å². The largest absolute Gasteiger partial charge is 0.480 e. The highest BCUT2D eigenvalue weighted by Gasteiger charge is 2.21. The highest BCUT2D eigenvalue weighted by Crippen LogP contribution is 2.19. The highest BCUT2D eigenvalue weighted by atomic mass is 35.5. The van der Waals surface area contributed by atoms with E-state index in [2.05, 4.69) is 17.2 Å². The molecule has 0 radical (unpaired) electrons. The van der Waals surface area contributed by atoms with Gasteiger partial charge in [0, 0.05) is 23.1 Å². The predicted molar refractivity (Wildman–Crippen MR) is 137 cm³/mol. The molecule has 1 atom stereocenters. The Hall–Kier alpha value is -3.45. The van der Waals surface area contributed by atoms with Gasteiger partial charge in [0.25, 0.3) is 5.56 Å². The first-order chi connectivity index (χ1) is 16.9. The van der Waals surface area contributed by atoms with Crippen LogP contribution in [0.3, 0.4) is 0 Å². The number of carbonyl (C=O) groups is 2. The Balaban J connectivity index is 1.78. The van der Waals surface area contributed by atoms with E-state index in [0.29, 0.717) is 29.4 Å². The lowest BCUT2D eigenvalue weighted by Crippen LogP contribution is -2.44. The summed E-state index contributed by atoms with van der Waals surface area (Å²) in [6.45, 7) is 1.79. The molecular weight excluding hydrogens is 466 g/mol. The van der Waals surface area contributed by atoms with E-state index in [0.717, 1.165) is 30.4 Å². The van der Waals surface area contributed by atoms with Crippen molar-refractivity contribution in [2.45, 2.75) is 58.0 Å². The van der Waals surface area contributed by atoms with Gasteiger partial charge in [-0.25, -0.2) is 9.78 Å². The average molecular weight is 496 g/mol. The maximum absolute atomic E-state index is 13.0. The normalized spacial score (nSPS) is 11.7. The van der Waals surface area contributed by atoms with Crippen LogP contribution in [0.4, 0.5) is 0 Å². The van der Waals surface area contributed by atoms with Crippen molar-refractivity contribution in [1.82, 2.24) is 14.9 Å². The van der Waals surface area contributed by atoms with E-state index in [1.807, 2.05) is 30.3 Å². The number of unbranched alkanes of at least 4 members (excludes halogenated alkanes) is 2. The molecule has 35 heavy (non-hydrogen) atoms. The summed E-state index contributed by atoms with van der Waals surface area (Å²) in [5.41, 5.74) is 1.90. The third-order valence-electron chi connectivity index (χ3n) is 5.73. The Labute approximate surface area is 209 Å². The van der Waals surface area contributed by atoms with Gasteiger partial charge < -0.3 is 10.4 Å². The number of hydrogen-bond donors (Lipinski definition) is 2. The summed E-state index contributed by atoms with van der Waals surface area (Å²) in [7, 11) is 0. The minimum atomic E-state index is -1.11. The van der Waals surface area contributed by atoms with E-state index in [9.17, 15) is 19.5 Å². The quantitative estimate of drug-likeness (QED) is 0.360. The molecule has 1 aromatic heterocycles. The van der Waals surface area contributed by atoms with Crippen LogP contribution in [-0.4, -0.2) is 32.6 Å². The second-order valence-electron chi connectivity index (χ2n) is 8.43. The SMILES string of the molecule is CCCCCc1nc(-c2ccc(Cl)cc2)cc(=O)n1CC(=O)N[C@@H](CCc1ccccc1)C(=O)O. The number of aromatic nitrogens is 2. The molecule has 7 nitrogen and oxygen atoms in total. The first-order valence-corrected chi connectivity index (χ1v) is 12.2. The van der Waals surface area contributed by atoms with E-state index in [1.54, 1.807) is 24.3 Å². The third-order valence-corrected chi connectivity index (χ3v) is 5.98. The second-order valence-corrected chi connectivity index (χ2v) is 8.87. The minimum Gasteiger partial charge on any atom is -0.480 e. The fourth-order valence-electron chi connectivity index (χ4n) is 3.81. The van der Waals surface area contributed by atoms with Crippen molar-refractivity contribution in [3.8, 4) is 11.3 Å². The maximum atomic E-state index is 13.0. The molecule has 0 aliphatic heterocycles. The van der Waals surface area contributed by atoms with Crippen molar-refractivity contribution in [2.24, 2.45) is 0 Å². The number of carboxylic acid groups (broad SMARTS) is 1. The van der Waals surface area contributed by atoms with Gasteiger partial charge in [-0.3, -0.25) is 14.2 Å². The minimum absolute atomic E-state index is 0.247. The molecule has 0 saturated carbocycles. The number of aryl methyl sites for hydroxylation is 2. The zero-order chi connectivity index (χ0) is 25.2. The summed E-state index contributed by atoms with van der Waals surface area (Å²) in [6, 6.07) is 16.9. The Bertz CT molecular complexity index is 1190. The van der Waals surface area contributed by atoms with Gasteiger partial charge in [0.15, 0.2) is 0 Å². The molecule has 0 saturated heterocycles. The van der Waals surface area contributed by atoms with E-state index < -0.39 is 17.9 Å². The van der Waals surface area contributed by atoms with Crippen LogP contribution in [0.15, 0.2) is 65.5 Å². The van der Waals surface area contributed by atoms with Gasteiger partial charge in [-0.2, -0.15) is 0 Å². The molecule has 1 heterocycles. The van der Waals surface area contributed by atoms with Crippen LogP contribution < -0.4 is 10.9 Å². The van der Waals surface area contributed by atoms with Crippen LogP contribution in [0.5, 0.6) is 0 Å². The Morgan fingerprint density at radius 2 is 1.77 bits per heavy atom. The number of hydrogen-bond acceptors (Lipinski definition) is 4. The summed E-state index contributed by atoms with van der Waals surface area (Å²) in [4.78, 5) is 42.2. The summed E-state index contributed by atoms with van der Waals surface area (Å²) in [5.74, 6) is -1.14. The van der Waals surface area contributed by atoms with E-state index in [-0.39, 0.29) is 18.5 Å². The van der Waals surface area contributed by atoms with E-state index in [4.69, 9.17) is 11.6 Å². The summed E-state index contributed by atoms with van der Waals surface area (Å²) >= 11 is 5.98. The van der Waals surface area contributed by atoms with Crippen LogP contribution in [-0.2, 0) is 29.0 Å². The van der Waals surface area contributed by atoms with Crippen LogP contribution in [0.25, 0.3) is 11.3 Å². The smallest absolute Gasteiger partial charge is 0.326 e. The number of carbonyl (C=O) groups excluding carboxylic acids is 1. The molecule has 3 aromatic rings. The number of nitrogens with one attached hydrogen (secondary N) is 1. The van der Waals surface area contributed by atoms with Crippen LogP contribution in [0, 0.1) is 0 Å². The lowest BCUT2D eigenvalue weighted by Gasteiger charge is -2.17.